The van der Waals surface area contributed by atoms with Gasteiger partial charge in [-0.05, 0) is 58.4 Å². The molecule has 0 aliphatic rings. The third-order valence-electron chi connectivity index (χ3n) is 3.07. The topological polar surface area (TPSA) is 29.3 Å². The van der Waals surface area contributed by atoms with E-state index < -0.39 is 0 Å². The minimum absolute atomic E-state index is 0.0608. The molecule has 0 radical (unpaired) electrons. The summed E-state index contributed by atoms with van der Waals surface area (Å²) in [7, 11) is 1.98. The molecule has 0 bridgehead atoms. The molecular formula is C15H18BrFN2S. The van der Waals surface area contributed by atoms with E-state index in [1.165, 1.54) is 11.6 Å². The molecule has 0 aliphatic carbocycles. The SMILES string of the molecule is CC(N)Cc1c(F)cccc1N(C)Cc1csc(Br)c1. The average molecular weight is 357 g/mol. The molecule has 0 amide bonds. The fourth-order valence-corrected chi connectivity index (χ4v) is 3.42. The van der Waals surface area contributed by atoms with Gasteiger partial charge in [-0.3, -0.25) is 0 Å². The Bertz CT molecular complexity index is 583. The molecule has 0 fully saturated rings. The summed E-state index contributed by atoms with van der Waals surface area (Å²) in [5.41, 5.74) is 8.64. The first kappa shape index (κ1) is 15.5. The lowest BCUT2D eigenvalue weighted by atomic mass is 10.0. The van der Waals surface area contributed by atoms with Crippen molar-refractivity contribution >= 4 is 33.0 Å². The smallest absolute Gasteiger partial charge is 0.128 e. The molecule has 2 aromatic rings. The zero-order valence-electron chi connectivity index (χ0n) is 11.6. The summed E-state index contributed by atoms with van der Waals surface area (Å²) in [4.78, 5) is 2.06. The minimum Gasteiger partial charge on any atom is -0.370 e. The minimum atomic E-state index is -0.182. The molecule has 0 saturated carbocycles. The maximum Gasteiger partial charge on any atom is 0.128 e. The van der Waals surface area contributed by atoms with Crippen LogP contribution < -0.4 is 10.6 Å². The molecule has 2 rings (SSSR count). The van der Waals surface area contributed by atoms with Crippen LogP contribution in [0.3, 0.4) is 0 Å². The van der Waals surface area contributed by atoms with Gasteiger partial charge in [-0.15, -0.1) is 11.3 Å². The van der Waals surface area contributed by atoms with Crippen molar-refractivity contribution in [2.75, 3.05) is 11.9 Å². The van der Waals surface area contributed by atoms with Crippen LogP contribution in [0.5, 0.6) is 0 Å². The fourth-order valence-electron chi connectivity index (χ4n) is 2.22. The van der Waals surface area contributed by atoms with Crippen molar-refractivity contribution in [3.63, 3.8) is 0 Å². The van der Waals surface area contributed by atoms with Crippen molar-refractivity contribution in [3.05, 3.63) is 50.4 Å². The summed E-state index contributed by atoms with van der Waals surface area (Å²) < 4.78 is 15.1. The van der Waals surface area contributed by atoms with E-state index in [0.717, 1.165) is 16.0 Å². The Morgan fingerprint density at radius 3 is 2.80 bits per heavy atom. The van der Waals surface area contributed by atoms with E-state index in [1.807, 2.05) is 20.0 Å². The molecule has 0 spiro atoms. The first-order valence-electron chi connectivity index (χ1n) is 6.44. The summed E-state index contributed by atoms with van der Waals surface area (Å²) >= 11 is 5.12. The van der Waals surface area contributed by atoms with Gasteiger partial charge in [-0.2, -0.15) is 0 Å². The van der Waals surface area contributed by atoms with Crippen LogP contribution in [0.15, 0.2) is 33.4 Å². The van der Waals surface area contributed by atoms with Crippen LogP contribution in [0.25, 0.3) is 0 Å². The number of anilines is 1. The van der Waals surface area contributed by atoms with Gasteiger partial charge in [0.1, 0.15) is 5.82 Å². The third kappa shape index (κ3) is 3.81. The monoisotopic (exact) mass is 356 g/mol. The number of halogens is 2. The second-order valence-corrected chi connectivity index (χ2v) is 7.32. The Labute approximate surface area is 131 Å². The van der Waals surface area contributed by atoms with E-state index in [9.17, 15) is 4.39 Å². The largest absolute Gasteiger partial charge is 0.370 e. The molecule has 108 valence electrons. The van der Waals surface area contributed by atoms with Crippen LogP contribution in [0, 0.1) is 5.82 Å². The van der Waals surface area contributed by atoms with E-state index in [0.29, 0.717) is 12.0 Å². The quantitative estimate of drug-likeness (QED) is 0.870. The van der Waals surface area contributed by atoms with E-state index in [-0.39, 0.29) is 11.9 Å². The molecule has 5 heteroatoms. The Hall–Kier alpha value is -0.910. The van der Waals surface area contributed by atoms with Crippen molar-refractivity contribution in [1.29, 1.82) is 0 Å². The highest BCUT2D eigenvalue weighted by Gasteiger charge is 2.14. The zero-order chi connectivity index (χ0) is 14.7. The lowest BCUT2D eigenvalue weighted by Gasteiger charge is -2.23. The standard InChI is InChI=1S/C15H18BrFN2S/c1-10(18)6-12-13(17)4-3-5-14(12)19(2)8-11-7-15(16)20-9-11/h3-5,7,9-10H,6,8,18H2,1-2H3. The number of hydrogen-bond acceptors (Lipinski definition) is 3. The Morgan fingerprint density at radius 1 is 1.45 bits per heavy atom. The highest BCUT2D eigenvalue weighted by Crippen LogP contribution is 2.27. The summed E-state index contributed by atoms with van der Waals surface area (Å²) in [6, 6.07) is 7.22. The van der Waals surface area contributed by atoms with Gasteiger partial charge in [0.2, 0.25) is 0 Å². The molecule has 2 N–H and O–H groups in total. The molecule has 1 unspecified atom stereocenters. The van der Waals surface area contributed by atoms with Crippen molar-refractivity contribution in [2.24, 2.45) is 5.73 Å². The normalized spacial score (nSPS) is 12.4. The van der Waals surface area contributed by atoms with E-state index in [4.69, 9.17) is 5.73 Å². The first-order chi connectivity index (χ1) is 9.47. The van der Waals surface area contributed by atoms with E-state index >= 15 is 0 Å². The van der Waals surface area contributed by atoms with Gasteiger partial charge in [-0.25, -0.2) is 4.39 Å². The predicted molar refractivity (Wildman–Crippen MR) is 87.9 cm³/mol. The summed E-state index contributed by atoms with van der Waals surface area (Å²) in [6.07, 6.45) is 0.541. The van der Waals surface area contributed by atoms with Gasteiger partial charge in [-0.1, -0.05) is 6.07 Å². The second-order valence-electron chi connectivity index (χ2n) is 5.03. The predicted octanol–water partition coefficient (Wildman–Crippen LogP) is 4.18. The Morgan fingerprint density at radius 2 is 2.20 bits per heavy atom. The van der Waals surface area contributed by atoms with Crippen molar-refractivity contribution < 1.29 is 4.39 Å². The number of rotatable bonds is 5. The van der Waals surface area contributed by atoms with Gasteiger partial charge in [0, 0.05) is 30.9 Å². The maximum absolute atomic E-state index is 14.0. The van der Waals surface area contributed by atoms with E-state index in [2.05, 4.69) is 32.3 Å². The lowest BCUT2D eigenvalue weighted by Crippen LogP contribution is -2.23. The molecule has 20 heavy (non-hydrogen) atoms. The molecule has 1 heterocycles. The molecule has 0 saturated heterocycles. The summed E-state index contributed by atoms with van der Waals surface area (Å²) in [6.45, 7) is 2.64. The number of nitrogens with two attached hydrogens (primary N) is 1. The van der Waals surface area contributed by atoms with Crippen LogP contribution >= 0.6 is 27.3 Å². The molecule has 1 aromatic carbocycles. The van der Waals surface area contributed by atoms with Crippen molar-refractivity contribution in [1.82, 2.24) is 0 Å². The third-order valence-corrected chi connectivity index (χ3v) is 4.63. The Balaban J connectivity index is 2.24. The number of benzene rings is 1. The van der Waals surface area contributed by atoms with Crippen LogP contribution in [0.4, 0.5) is 10.1 Å². The van der Waals surface area contributed by atoms with Crippen LogP contribution in [0.2, 0.25) is 0 Å². The molecule has 1 atom stereocenters. The van der Waals surface area contributed by atoms with E-state index in [1.54, 1.807) is 17.4 Å². The van der Waals surface area contributed by atoms with Gasteiger partial charge < -0.3 is 10.6 Å². The maximum atomic E-state index is 14.0. The lowest BCUT2D eigenvalue weighted by molar-refractivity contribution is 0.595. The highest BCUT2D eigenvalue weighted by molar-refractivity contribution is 9.11. The van der Waals surface area contributed by atoms with Crippen molar-refractivity contribution in [3.8, 4) is 0 Å². The van der Waals surface area contributed by atoms with Crippen LogP contribution in [-0.2, 0) is 13.0 Å². The second kappa shape index (κ2) is 6.70. The van der Waals surface area contributed by atoms with Crippen LogP contribution in [-0.4, -0.2) is 13.1 Å². The van der Waals surface area contributed by atoms with Gasteiger partial charge in [0.15, 0.2) is 0 Å². The van der Waals surface area contributed by atoms with Crippen molar-refractivity contribution in [2.45, 2.75) is 25.9 Å². The number of thiophene rings is 1. The number of hydrogen-bond donors (Lipinski definition) is 1. The molecule has 1 aromatic heterocycles. The fraction of sp³-hybridized carbons (Fsp3) is 0.333. The Kier molecular flexibility index (Phi) is 5.18. The zero-order valence-corrected chi connectivity index (χ0v) is 14.0. The van der Waals surface area contributed by atoms with Gasteiger partial charge in [0.05, 0.1) is 3.79 Å². The van der Waals surface area contributed by atoms with Crippen LogP contribution in [0.1, 0.15) is 18.1 Å². The molecule has 2 nitrogen and oxygen atoms in total. The van der Waals surface area contributed by atoms with Gasteiger partial charge in [0.25, 0.3) is 0 Å². The first-order valence-corrected chi connectivity index (χ1v) is 8.11. The molecule has 0 aliphatic heterocycles. The molecular weight excluding hydrogens is 339 g/mol. The summed E-state index contributed by atoms with van der Waals surface area (Å²) in [5.74, 6) is -0.182. The summed E-state index contributed by atoms with van der Waals surface area (Å²) in [5, 5.41) is 2.10. The van der Waals surface area contributed by atoms with Gasteiger partial charge >= 0.3 is 0 Å². The number of nitrogens with zero attached hydrogens (tertiary/aromatic N) is 1. The average Bonchev–Trinajstić information content (AvgIpc) is 2.76. The highest BCUT2D eigenvalue weighted by atomic mass is 79.9.